The highest BCUT2D eigenvalue weighted by Gasteiger charge is 2.63. The highest BCUT2D eigenvalue weighted by Crippen LogP contribution is 2.52. The van der Waals surface area contributed by atoms with Gasteiger partial charge in [0.25, 0.3) is 5.91 Å². The first-order chi connectivity index (χ1) is 15.3. The fourth-order valence-corrected chi connectivity index (χ4v) is 5.58. The number of aromatic hydroxyl groups is 1. The lowest BCUT2D eigenvalue weighted by Gasteiger charge is -2.50. The molecule has 0 bridgehead atoms. The van der Waals surface area contributed by atoms with Crippen molar-refractivity contribution in [1.82, 2.24) is 4.90 Å². The molecule has 1 amide bonds. The molecule has 6 N–H and O–H groups in total. The number of rotatable bonds is 3. The van der Waals surface area contributed by atoms with Crippen LogP contribution in [0.1, 0.15) is 39.6 Å². The molecule has 3 aliphatic carbocycles. The fraction of sp³-hybridized carbons (Fsp3) is 0.391. The predicted octanol–water partition coefficient (Wildman–Crippen LogP) is 0.323. The van der Waals surface area contributed by atoms with Gasteiger partial charge in [-0.05, 0) is 57.5 Å². The van der Waals surface area contributed by atoms with Crippen molar-refractivity contribution in [3.8, 4) is 5.75 Å². The summed E-state index contributed by atoms with van der Waals surface area (Å²) in [4.78, 5) is 52.1. The number of benzene rings is 1. The Morgan fingerprint density at radius 1 is 1.15 bits per heavy atom. The van der Waals surface area contributed by atoms with E-state index in [0.717, 1.165) is 0 Å². The molecular formula is C23H24N2O8. The van der Waals surface area contributed by atoms with Crippen molar-refractivity contribution in [3.63, 3.8) is 0 Å². The standard InChI is InChI=1S/C23H24N2O8/c1-8(26)10-4-5-13(27)15-11(10)6-9-7-12-17(25(2)3)19(29)16(22(24)32)21(31)23(12,33)20(30)14(9)18(15)28/h4-5,9,12,17,27,29-30,33H,6-7H2,1-3H3,(H2,24,32)/t9-,12-,17+,23-/m0/s1. The van der Waals surface area contributed by atoms with E-state index < -0.39 is 63.8 Å². The van der Waals surface area contributed by atoms with Gasteiger partial charge < -0.3 is 26.2 Å². The fourth-order valence-electron chi connectivity index (χ4n) is 5.58. The van der Waals surface area contributed by atoms with E-state index in [4.69, 9.17) is 5.73 Å². The van der Waals surface area contributed by atoms with E-state index in [9.17, 15) is 39.6 Å². The Kier molecular flexibility index (Phi) is 4.99. The van der Waals surface area contributed by atoms with Gasteiger partial charge in [-0.15, -0.1) is 0 Å². The number of allylic oxidation sites excluding steroid dienone is 1. The van der Waals surface area contributed by atoms with E-state index in [-0.39, 0.29) is 35.3 Å². The van der Waals surface area contributed by atoms with E-state index in [0.29, 0.717) is 5.56 Å². The van der Waals surface area contributed by atoms with Crippen molar-refractivity contribution in [2.75, 3.05) is 14.1 Å². The van der Waals surface area contributed by atoms with Gasteiger partial charge in [0.15, 0.2) is 17.2 Å². The van der Waals surface area contributed by atoms with Gasteiger partial charge in [-0.2, -0.15) is 0 Å². The lowest BCUT2D eigenvalue weighted by Crippen LogP contribution is -2.63. The van der Waals surface area contributed by atoms with Gasteiger partial charge in [-0.25, -0.2) is 0 Å². The summed E-state index contributed by atoms with van der Waals surface area (Å²) in [5, 5.41) is 43.7. The number of fused-ring (bicyclic) bond motifs is 3. The SMILES string of the molecule is CC(=O)c1ccc(O)c2c1C[C@H]1C[C@H]3[C@@H](N(C)C)C(O)=C(C(N)=O)C(=O)[C@@]3(O)C(O)=C1C2=O. The zero-order valence-corrected chi connectivity index (χ0v) is 18.2. The average Bonchev–Trinajstić information content (AvgIpc) is 2.70. The third-order valence-electron chi connectivity index (χ3n) is 6.99. The lowest BCUT2D eigenvalue weighted by molar-refractivity contribution is -0.148. The number of primary amides is 1. The topological polar surface area (TPSA) is 178 Å². The number of ketones is 3. The summed E-state index contributed by atoms with van der Waals surface area (Å²) in [5.41, 5.74) is 1.88. The van der Waals surface area contributed by atoms with Crippen LogP contribution < -0.4 is 5.73 Å². The molecular weight excluding hydrogens is 432 g/mol. The van der Waals surface area contributed by atoms with E-state index in [1.54, 1.807) is 14.1 Å². The van der Waals surface area contributed by atoms with Crippen LogP contribution in [-0.4, -0.2) is 74.3 Å². The number of aliphatic hydroxyl groups is 3. The van der Waals surface area contributed by atoms with Gasteiger partial charge in [0.05, 0.1) is 11.6 Å². The van der Waals surface area contributed by atoms with Crippen LogP contribution in [0.25, 0.3) is 0 Å². The van der Waals surface area contributed by atoms with Crippen molar-refractivity contribution < 1.29 is 39.6 Å². The second-order valence-electron chi connectivity index (χ2n) is 9.01. The molecule has 0 saturated carbocycles. The maximum atomic E-state index is 13.4. The van der Waals surface area contributed by atoms with Crippen molar-refractivity contribution in [3.05, 3.63) is 51.5 Å². The molecule has 0 saturated heterocycles. The highest BCUT2D eigenvalue weighted by atomic mass is 16.3. The molecule has 0 fully saturated rings. The molecule has 1 aromatic carbocycles. The van der Waals surface area contributed by atoms with Crippen LogP contribution in [0, 0.1) is 11.8 Å². The zero-order valence-electron chi connectivity index (χ0n) is 18.2. The Morgan fingerprint density at radius 3 is 2.33 bits per heavy atom. The van der Waals surface area contributed by atoms with Crippen LogP contribution in [0.3, 0.4) is 0 Å². The van der Waals surface area contributed by atoms with Gasteiger partial charge in [0.2, 0.25) is 5.78 Å². The molecule has 0 aromatic heterocycles. The van der Waals surface area contributed by atoms with Crippen molar-refractivity contribution >= 4 is 23.3 Å². The molecule has 3 aliphatic rings. The van der Waals surface area contributed by atoms with Crippen LogP contribution >= 0.6 is 0 Å². The van der Waals surface area contributed by atoms with Gasteiger partial charge in [-0.3, -0.25) is 24.1 Å². The number of nitrogens with two attached hydrogens (primary N) is 1. The number of hydrogen-bond donors (Lipinski definition) is 5. The summed E-state index contributed by atoms with van der Waals surface area (Å²) in [7, 11) is 3.11. The quantitative estimate of drug-likeness (QED) is 0.316. The smallest absolute Gasteiger partial charge is 0.255 e. The highest BCUT2D eigenvalue weighted by molar-refractivity contribution is 6.25. The second kappa shape index (κ2) is 7.26. The van der Waals surface area contributed by atoms with Gasteiger partial charge in [-0.1, -0.05) is 0 Å². The maximum Gasteiger partial charge on any atom is 0.255 e. The first kappa shape index (κ1) is 22.7. The van der Waals surface area contributed by atoms with Gasteiger partial charge >= 0.3 is 0 Å². The number of phenols is 1. The average molecular weight is 456 g/mol. The summed E-state index contributed by atoms with van der Waals surface area (Å²) in [6.07, 6.45) is 0.0522. The molecule has 0 spiro atoms. The molecule has 4 rings (SSSR count). The minimum atomic E-state index is -2.68. The van der Waals surface area contributed by atoms with Crippen LogP contribution in [0.4, 0.5) is 0 Å². The van der Waals surface area contributed by atoms with Crippen LogP contribution in [0.5, 0.6) is 5.75 Å². The summed E-state index contributed by atoms with van der Waals surface area (Å²) in [5.74, 6) is -7.49. The minimum absolute atomic E-state index is 0.0290. The Morgan fingerprint density at radius 2 is 1.79 bits per heavy atom. The van der Waals surface area contributed by atoms with Crippen molar-refractivity contribution in [2.45, 2.75) is 31.4 Å². The van der Waals surface area contributed by atoms with Crippen molar-refractivity contribution in [1.29, 1.82) is 0 Å². The maximum absolute atomic E-state index is 13.4. The number of Topliss-reactive ketones (excluding diaryl/α,β-unsaturated/α-hetero) is 3. The van der Waals surface area contributed by atoms with Crippen LogP contribution in [-0.2, 0) is 16.0 Å². The third-order valence-corrected chi connectivity index (χ3v) is 6.99. The minimum Gasteiger partial charge on any atom is -0.510 e. The predicted molar refractivity (Wildman–Crippen MR) is 114 cm³/mol. The van der Waals surface area contributed by atoms with E-state index in [1.807, 2.05) is 0 Å². The van der Waals surface area contributed by atoms with E-state index in [1.165, 1.54) is 24.0 Å². The first-order valence-electron chi connectivity index (χ1n) is 10.3. The summed E-state index contributed by atoms with van der Waals surface area (Å²) in [6.45, 7) is 1.33. The lowest BCUT2D eigenvalue weighted by atomic mass is 9.58. The summed E-state index contributed by atoms with van der Waals surface area (Å²) in [6, 6.07) is 1.55. The summed E-state index contributed by atoms with van der Waals surface area (Å²) < 4.78 is 0. The van der Waals surface area contributed by atoms with Crippen molar-refractivity contribution in [2.24, 2.45) is 17.6 Å². The molecule has 0 aliphatic heterocycles. The molecule has 33 heavy (non-hydrogen) atoms. The third kappa shape index (κ3) is 2.87. The zero-order chi connectivity index (χ0) is 24.6. The van der Waals surface area contributed by atoms with Crippen LogP contribution in [0.2, 0.25) is 0 Å². The van der Waals surface area contributed by atoms with Crippen LogP contribution in [0.15, 0.2) is 34.8 Å². The van der Waals surface area contributed by atoms with E-state index in [2.05, 4.69) is 0 Å². The number of carbonyl (C=O) groups is 4. The number of phenolic OH excluding ortho intramolecular Hbond substituents is 1. The number of likely N-dealkylation sites (N-methyl/N-ethyl adjacent to an activating group) is 1. The van der Waals surface area contributed by atoms with Gasteiger partial charge in [0.1, 0.15) is 22.8 Å². The second-order valence-corrected chi connectivity index (χ2v) is 9.01. The monoisotopic (exact) mass is 456 g/mol. The Balaban J connectivity index is 1.99. The molecule has 0 heterocycles. The molecule has 174 valence electrons. The molecule has 1 aromatic rings. The Labute approximate surface area is 188 Å². The number of hydrogen-bond acceptors (Lipinski definition) is 9. The molecule has 0 radical (unpaired) electrons. The molecule has 10 nitrogen and oxygen atoms in total. The number of carbonyl (C=O) groups excluding carboxylic acids is 4. The Hall–Kier alpha value is -3.50. The summed E-state index contributed by atoms with van der Waals surface area (Å²) >= 11 is 0. The largest absolute Gasteiger partial charge is 0.510 e. The molecule has 0 unspecified atom stereocenters. The molecule has 10 heteroatoms. The van der Waals surface area contributed by atoms with E-state index >= 15 is 0 Å². The normalized spacial score (nSPS) is 29.1. The Bertz CT molecular complexity index is 1210. The molecule has 4 atom stereocenters. The number of aliphatic hydroxyl groups excluding tert-OH is 2. The van der Waals surface area contributed by atoms with Gasteiger partial charge in [0, 0.05) is 17.1 Å². The number of nitrogens with zero attached hydrogens (tertiary/aromatic N) is 1. The first-order valence-corrected chi connectivity index (χ1v) is 10.3. The number of amides is 1.